The van der Waals surface area contributed by atoms with Crippen molar-refractivity contribution in [2.75, 3.05) is 26.4 Å². The van der Waals surface area contributed by atoms with Gasteiger partial charge in [-0.25, -0.2) is 0 Å². The highest BCUT2D eigenvalue weighted by atomic mass is 28.4. The first-order chi connectivity index (χ1) is 15.3. The van der Waals surface area contributed by atoms with Crippen molar-refractivity contribution in [2.24, 2.45) is 5.92 Å². The van der Waals surface area contributed by atoms with Gasteiger partial charge in [0.25, 0.3) is 0 Å². The maximum absolute atomic E-state index is 12.9. The topological polar surface area (TPSA) is 71.1 Å². The number of carbonyl (C=O) groups is 2. The van der Waals surface area contributed by atoms with Crippen LogP contribution >= 0.6 is 0 Å². The van der Waals surface area contributed by atoms with Crippen LogP contribution in [0.1, 0.15) is 58.3 Å². The standard InChI is InChI=1S/C24H46O6Si2/c1-5-32(4,19-31(2)3)16-10-13-22(23(25)29-17-20-11-6-8-14-27-20)24(26)30-18-21-12-7-9-15-28-21/h20-22,31H,5-19H2,1-4H3. The number of rotatable bonds is 13. The summed E-state index contributed by atoms with van der Waals surface area (Å²) in [5.41, 5.74) is 1.42. The molecular weight excluding hydrogens is 440 g/mol. The second kappa shape index (κ2) is 14.5. The van der Waals surface area contributed by atoms with Gasteiger partial charge in [0.1, 0.15) is 13.2 Å². The molecule has 2 heterocycles. The summed E-state index contributed by atoms with van der Waals surface area (Å²) in [6, 6.07) is 2.42. The Morgan fingerprint density at radius 2 is 1.50 bits per heavy atom. The van der Waals surface area contributed by atoms with Gasteiger partial charge in [-0.3, -0.25) is 9.59 Å². The summed E-state index contributed by atoms with van der Waals surface area (Å²) >= 11 is 0. The van der Waals surface area contributed by atoms with Crippen LogP contribution in [0.15, 0.2) is 0 Å². The van der Waals surface area contributed by atoms with Crippen LogP contribution in [0.2, 0.25) is 37.4 Å². The van der Waals surface area contributed by atoms with Gasteiger partial charge in [0.05, 0.1) is 12.2 Å². The number of hydrogen-bond donors (Lipinski definition) is 0. The molecule has 2 fully saturated rings. The lowest BCUT2D eigenvalue weighted by Gasteiger charge is -2.28. The third kappa shape index (κ3) is 10.1. The van der Waals surface area contributed by atoms with Crippen LogP contribution in [-0.2, 0) is 28.5 Å². The maximum Gasteiger partial charge on any atom is 0.320 e. The molecule has 2 aliphatic heterocycles. The monoisotopic (exact) mass is 486 g/mol. The summed E-state index contributed by atoms with van der Waals surface area (Å²) < 4.78 is 22.4. The molecule has 0 N–H and O–H groups in total. The Morgan fingerprint density at radius 3 is 1.91 bits per heavy atom. The molecule has 2 rings (SSSR count). The van der Waals surface area contributed by atoms with Crippen molar-refractivity contribution in [3.8, 4) is 0 Å². The Bertz CT molecular complexity index is 527. The predicted molar refractivity (Wildman–Crippen MR) is 132 cm³/mol. The third-order valence-electron chi connectivity index (χ3n) is 6.97. The molecule has 32 heavy (non-hydrogen) atoms. The summed E-state index contributed by atoms with van der Waals surface area (Å²) in [5.74, 6) is -1.74. The van der Waals surface area contributed by atoms with E-state index in [0.717, 1.165) is 51.0 Å². The lowest BCUT2D eigenvalue weighted by Crippen LogP contribution is -2.36. The molecule has 0 spiro atoms. The van der Waals surface area contributed by atoms with Crippen LogP contribution in [0, 0.1) is 5.92 Å². The van der Waals surface area contributed by atoms with Crippen LogP contribution in [-0.4, -0.2) is 67.4 Å². The largest absolute Gasteiger partial charge is 0.462 e. The van der Waals surface area contributed by atoms with E-state index >= 15 is 0 Å². The van der Waals surface area contributed by atoms with Crippen LogP contribution in [0.3, 0.4) is 0 Å². The summed E-state index contributed by atoms with van der Waals surface area (Å²) in [6.45, 7) is 11.5. The normalized spacial score (nSPS) is 24.5. The lowest BCUT2D eigenvalue weighted by molar-refractivity contribution is -0.168. The van der Waals surface area contributed by atoms with Crippen molar-refractivity contribution >= 4 is 28.8 Å². The minimum Gasteiger partial charge on any atom is -0.462 e. The van der Waals surface area contributed by atoms with Gasteiger partial charge in [-0.15, -0.1) is 0 Å². The van der Waals surface area contributed by atoms with E-state index in [1.165, 1.54) is 11.7 Å². The highest BCUT2D eigenvalue weighted by Gasteiger charge is 2.33. The first kappa shape index (κ1) is 27.5. The number of carbonyl (C=O) groups excluding carboxylic acids is 2. The van der Waals surface area contributed by atoms with Crippen molar-refractivity contribution in [2.45, 2.75) is 108 Å². The minimum atomic E-state index is -1.30. The summed E-state index contributed by atoms with van der Waals surface area (Å²) in [5, 5.41) is 0. The Balaban J connectivity index is 1.90. The molecule has 3 atom stereocenters. The maximum atomic E-state index is 12.9. The predicted octanol–water partition coefficient (Wildman–Crippen LogP) is 4.73. The summed E-state index contributed by atoms with van der Waals surface area (Å²) in [6.07, 6.45) is 7.40. The van der Waals surface area contributed by atoms with Crippen LogP contribution in [0.4, 0.5) is 0 Å². The van der Waals surface area contributed by atoms with E-state index in [1.807, 2.05) is 0 Å². The van der Waals surface area contributed by atoms with Crippen molar-refractivity contribution in [1.29, 1.82) is 0 Å². The molecule has 0 aromatic heterocycles. The van der Waals surface area contributed by atoms with E-state index in [9.17, 15) is 9.59 Å². The van der Waals surface area contributed by atoms with Gasteiger partial charge in [-0.05, 0) is 44.9 Å². The van der Waals surface area contributed by atoms with E-state index in [1.54, 1.807) is 0 Å². The Hall–Kier alpha value is -0.706. The van der Waals surface area contributed by atoms with Crippen molar-refractivity contribution < 1.29 is 28.5 Å². The third-order valence-corrected chi connectivity index (χ3v) is 17.4. The average Bonchev–Trinajstić information content (AvgIpc) is 2.79. The second-order valence-electron chi connectivity index (χ2n) is 10.4. The van der Waals surface area contributed by atoms with E-state index in [-0.39, 0.29) is 25.4 Å². The van der Waals surface area contributed by atoms with E-state index in [4.69, 9.17) is 18.9 Å². The Labute approximate surface area is 197 Å². The SMILES string of the molecule is CC[Si](C)(CCCC(C(=O)OCC1CCCCO1)C(=O)OCC1CCCCO1)C[SiH](C)C. The molecule has 0 radical (unpaired) electrons. The molecule has 186 valence electrons. The molecular formula is C24H46O6Si2. The second-order valence-corrected chi connectivity index (χ2v) is 19.7. The molecule has 0 bridgehead atoms. The Kier molecular flexibility index (Phi) is 12.5. The van der Waals surface area contributed by atoms with Crippen molar-refractivity contribution in [1.82, 2.24) is 0 Å². The molecule has 2 aliphatic rings. The van der Waals surface area contributed by atoms with Gasteiger partial charge < -0.3 is 18.9 Å². The van der Waals surface area contributed by atoms with E-state index in [2.05, 4.69) is 26.6 Å². The smallest absolute Gasteiger partial charge is 0.320 e. The highest BCUT2D eigenvalue weighted by molar-refractivity contribution is 6.88. The molecule has 0 aromatic rings. The molecule has 0 aromatic carbocycles. The molecule has 0 amide bonds. The molecule has 0 saturated carbocycles. The fourth-order valence-electron chi connectivity index (χ4n) is 4.90. The fraction of sp³-hybridized carbons (Fsp3) is 0.917. The van der Waals surface area contributed by atoms with Crippen LogP contribution in [0.25, 0.3) is 0 Å². The van der Waals surface area contributed by atoms with Crippen LogP contribution < -0.4 is 0 Å². The molecule has 6 nitrogen and oxygen atoms in total. The van der Waals surface area contributed by atoms with Gasteiger partial charge in [0.15, 0.2) is 5.92 Å². The Morgan fingerprint density at radius 1 is 0.969 bits per heavy atom. The van der Waals surface area contributed by atoms with Crippen molar-refractivity contribution in [3.05, 3.63) is 0 Å². The summed E-state index contributed by atoms with van der Waals surface area (Å²) in [7, 11) is -1.92. The first-order valence-electron chi connectivity index (χ1n) is 12.9. The number of ether oxygens (including phenoxy) is 4. The quantitative estimate of drug-likeness (QED) is 0.213. The number of hydrogen-bond acceptors (Lipinski definition) is 6. The number of esters is 2. The molecule has 3 unspecified atom stereocenters. The zero-order chi connectivity index (χ0) is 23.4. The first-order valence-corrected chi connectivity index (χ1v) is 19.1. The zero-order valence-corrected chi connectivity index (χ0v) is 23.0. The highest BCUT2D eigenvalue weighted by Crippen LogP contribution is 2.27. The summed E-state index contributed by atoms with van der Waals surface area (Å²) in [4.78, 5) is 25.8. The van der Waals surface area contributed by atoms with Gasteiger partial charge in [0.2, 0.25) is 0 Å². The zero-order valence-electron chi connectivity index (χ0n) is 20.9. The van der Waals surface area contributed by atoms with Gasteiger partial charge in [-0.1, -0.05) is 50.7 Å². The van der Waals surface area contributed by atoms with Gasteiger partial charge >= 0.3 is 11.9 Å². The fourth-order valence-corrected chi connectivity index (χ4v) is 16.2. The van der Waals surface area contributed by atoms with E-state index < -0.39 is 34.7 Å². The van der Waals surface area contributed by atoms with Gasteiger partial charge in [-0.2, -0.15) is 0 Å². The molecule has 8 heteroatoms. The lowest BCUT2D eigenvalue weighted by atomic mass is 10.0. The average molecular weight is 487 g/mol. The van der Waals surface area contributed by atoms with Gasteiger partial charge in [0, 0.05) is 30.1 Å². The van der Waals surface area contributed by atoms with E-state index in [0.29, 0.717) is 19.6 Å². The van der Waals surface area contributed by atoms with Crippen molar-refractivity contribution in [3.63, 3.8) is 0 Å². The molecule has 0 aliphatic carbocycles. The van der Waals surface area contributed by atoms with Crippen LogP contribution in [0.5, 0.6) is 0 Å². The molecule has 2 saturated heterocycles. The minimum absolute atomic E-state index is 0.0493.